The van der Waals surface area contributed by atoms with E-state index in [1.165, 1.54) is 0 Å². The molecule has 0 radical (unpaired) electrons. The van der Waals surface area contributed by atoms with E-state index in [1.807, 2.05) is 55.1 Å². The fourth-order valence-electron chi connectivity index (χ4n) is 4.59. The normalized spacial score (nSPS) is 20.8. The summed E-state index contributed by atoms with van der Waals surface area (Å²) in [6.45, 7) is 6.77. The Morgan fingerprint density at radius 1 is 1.00 bits per heavy atom. The van der Waals surface area contributed by atoms with Gasteiger partial charge in [0.15, 0.2) is 0 Å². The Labute approximate surface area is 206 Å². The Morgan fingerprint density at radius 3 is 2.44 bits per heavy atom. The first-order chi connectivity index (χ1) is 16.3. The third-order valence-electron chi connectivity index (χ3n) is 6.65. The SMILES string of the molecule is Cc1ccc(C(=O)N2CCOC(COc3ccc(Cl)c(C)c3)(CC(=O)N3CCCCC3)C2)cc1. The zero-order chi connectivity index (χ0) is 24.1. The van der Waals surface area contributed by atoms with Gasteiger partial charge in [-0.3, -0.25) is 9.59 Å². The van der Waals surface area contributed by atoms with Gasteiger partial charge in [0.05, 0.1) is 19.6 Å². The lowest BCUT2D eigenvalue weighted by Gasteiger charge is -2.43. The lowest BCUT2D eigenvalue weighted by atomic mass is 9.95. The molecule has 0 bridgehead atoms. The highest BCUT2D eigenvalue weighted by molar-refractivity contribution is 6.31. The summed E-state index contributed by atoms with van der Waals surface area (Å²) in [7, 11) is 0. The molecule has 2 aliphatic heterocycles. The van der Waals surface area contributed by atoms with Gasteiger partial charge in [0.2, 0.25) is 5.91 Å². The standard InChI is InChI=1S/C27H33ClN2O4/c1-20-6-8-22(9-7-20)26(32)30-14-15-34-27(18-30,17-25(31)29-12-4-3-5-13-29)19-33-23-10-11-24(28)21(2)16-23/h6-11,16H,3-5,12-15,17-19H2,1-2H3. The predicted molar refractivity (Wildman–Crippen MR) is 132 cm³/mol. The number of likely N-dealkylation sites (tertiary alicyclic amines) is 1. The first-order valence-corrected chi connectivity index (χ1v) is 12.4. The fourth-order valence-corrected chi connectivity index (χ4v) is 4.71. The zero-order valence-electron chi connectivity index (χ0n) is 20.0. The summed E-state index contributed by atoms with van der Waals surface area (Å²) in [6.07, 6.45) is 3.39. The molecule has 0 aromatic heterocycles. The molecule has 2 amide bonds. The van der Waals surface area contributed by atoms with Crippen LogP contribution >= 0.6 is 11.6 Å². The summed E-state index contributed by atoms with van der Waals surface area (Å²) < 4.78 is 12.4. The summed E-state index contributed by atoms with van der Waals surface area (Å²) in [6, 6.07) is 13.1. The van der Waals surface area contributed by atoms with Crippen molar-refractivity contribution in [1.82, 2.24) is 9.80 Å². The number of ether oxygens (including phenoxy) is 2. The minimum absolute atomic E-state index is 0.0552. The molecule has 0 saturated carbocycles. The fraction of sp³-hybridized carbons (Fsp3) is 0.481. The van der Waals surface area contributed by atoms with E-state index in [1.54, 1.807) is 11.0 Å². The topological polar surface area (TPSA) is 59.1 Å². The highest BCUT2D eigenvalue weighted by Crippen LogP contribution is 2.28. The maximum Gasteiger partial charge on any atom is 0.254 e. The van der Waals surface area contributed by atoms with Gasteiger partial charge in [-0.15, -0.1) is 0 Å². The number of amides is 2. The number of piperidine rings is 1. The Hall–Kier alpha value is -2.57. The van der Waals surface area contributed by atoms with Gasteiger partial charge in [-0.1, -0.05) is 29.3 Å². The first-order valence-electron chi connectivity index (χ1n) is 12.0. The van der Waals surface area contributed by atoms with Crippen LogP contribution in [0.5, 0.6) is 5.75 Å². The molecule has 2 aromatic carbocycles. The molecule has 6 nitrogen and oxygen atoms in total. The van der Waals surface area contributed by atoms with Crippen LogP contribution in [0, 0.1) is 13.8 Å². The first kappa shape index (κ1) is 24.6. The van der Waals surface area contributed by atoms with Crippen molar-refractivity contribution in [2.75, 3.05) is 39.4 Å². The van der Waals surface area contributed by atoms with Gasteiger partial charge in [0.25, 0.3) is 5.91 Å². The van der Waals surface area contributed by atoms with Crippen LogP contribution in [0.3, 0.4) is 0 Å². The van der Waals surface area contributed by atoms with Gasteiger partial charge in [0.1, 0.15) is 18.0 Å². The van der Waals surface area contributed by atoms with Gasteiger partial charge in [-0.2, -0.15) is 0 Å². The van der Waals surface area contributed by atoms with E-state index in [2.05, 4.69) is 0 Å². The lowest BCUT2D eigenvalue weighted by molar-refractivity contribution is -0.153. The predicted octanol–water partition coefficient (Wildman–Crippen LogP) is 4.65. The van der Waals surface area contributed by atoms with Gasteiger partial charge >= 0.3 is 0 Å². The van der Waals surface area contributed by atoms with Gasteiger partial charge < -0.3 is 19.3 Å². The minimum atomic E-state index is -0.916. The van der Waals surface area contributed by atoms with E-state index in [-0.39, 0.29) is 24.8 Å². The molecule has 2 heterocycles. The molecule has 2 fully saturated rings. The molecular formula is C27H33ClN2O4. The van der Waals surface area contributed by atoms with Crippen LogP contribution in [-0.2, 0) is 9.53 Å². The monoisotopic (exact) mass is 484 g/mol. The van der Waals surface area contributed by atoms with E-state index >= 15 is 0 Å². The van der Waals surface area contributed by atoms with Crippen LogP contribution in [0.2, 0.25) is 5.02 Å². The lowest BCUT2D eigenvalue weighted by Crippen LogP contribution is -2.58. The molecule has 0 spiro atoms. The quantitative estimate of drug-likeness (QED) is 0.598. The van der Waals surface area contributed by atoms with Crippen LogP contribution in [0.1, 0.15) is 47.2 Å². The molecule has 0 N–H and O–H groups in total. The average Bonchev–Trinajstić information content (AvgIpc) is 2.85. The number of aryl methyl sites for hydroxylation is 2. The molecule has 1 atom stereocenters. The van der Waals surface area contributed by atoms with Crippen LogP contribution in [-0.4, -0.2) is 66.6 Å². The molecule has 4 rings (SSSR count). The van der Waals surface area contributed by atoms with Crippen LogP contribution in [0.25, 0.3) is 0 Å². The zero-order valence-corrected chi connectivity index (χ0v) is 20.8. The van der Waals surface area contributed by atoms with E-state index in [4.69, 9.17) is 21.1 Å². The summed E-state index contributed by atoms with van der Waals surface area (Å²) in [5.74, 6) is 0.665. The number of carbonyl (C=O) groups excluding carboxylic acids is 2. The number of carbonyl (C=O) groups is 2. The van der Waals surface area contributed by atoms with Crippen molar-refractivity contribution in [3.05, 3.63) is 64.2 Å². The van der Waals surface area contributed by atoms with Crippen LogP contribution < -0.4 is 4.74 Å². The molecule has 182 valence electrons. The van der Waals surface area contributed by atoms with Gasteiger partial charge in [-0.25, -0.2) is 0 Å². The molecular weight excluding hydrogens is 452 g/mol. The molecule has 2 aromatic rings. The van der Waals surface area contributed by atoms with Crippen molar-refractivity contribution >= 4 is 23.4 Å². The highest BCUT2D eigenvalue weighted by atomic mass is 35.5. The number of morpholine rings is 1. The third kappa shape index (κ3) is 5.91. The number of benzene rings is 2. The van der Waals surface area contributed by atoms with Crippen molar-refractivity contribution < 1.29 is 19.1 Å². The summed E-state index contributed by atoms with van der Waals surface area (Å²) in [4.78, 5) is 30.2. The van der Waals surface area contributed by atoms with E-state index in [9.17, 15) is 9.59 Å². The Bertz CT molecular complexity index is 1020. The summed E-state index contributed by atoms with van der Waals surface area (Å²) in [5.41, 5.74) is 1.74. The molecule has 2 aliphatic rings. The van der Waals surface area contributed by atoms with Gasteiger partial charge in [0, 0.05) is 30.2 Å². The Balaban J connectivity index is 1.53. The number of rotatable bonds is 6. The van der Waals surface area contributed by atoms with Crippen molar-refractivity contribution in [2.45, 2.75) is 45.1 Å². The minimum Gasteiger partial charge on any atom is -0.490 e. The van der Waals surface area contributed by atoms with Crippen LogP contribution in [0.4, 0.5) is 0 Å². The van der Waals surface area contributed by atoms with E-state index < -0.39 is 5.60 Å². The highest BCUT2D eigenvalue weighted by Gasteiger charge is 2.42. The summed E-state index contributed by atoms with van der Waals surface area (Å²) in [5, 5.41) is 0.672. The van der Waals surface area contributed by atoms with Crippen molar-refractivity contribution in [3.63, 3.8) is 0 Å². The average molecular weight is 485 g/mol. The molecule has 7 heteroatoms. The maximum absolute atomic E-state index is 13.3. The Morgan fingerprint density at radius 2 is 1.74 bits per heavy atom. The van der Waals surface area contributed by atoms with Gasteiger partial charge in [-0.05, 0) is 69.0 Å². The van der Waals surface area contributed by atoms with Crippen molar-refractivity contribution in [3.8, 4) is 5.75 Å². The second kappa shape index (κ2) is 10.8. The summed E-state index contributed by atoms with van der Waals surface area (Å²) >= 11 is 6.16. The maximum atomic E-state index is 13.3. The largest absolute Gasteiger partial charge is 0.490 e. The second-order valence-electron chi connectivity index (χ2n) is 9.44. The van der Waals surface area contributed by atoms with Crippen molar-refractivity contribution in [2.24, 2.45) is 0 Å². The molecule has 2 saturated heterocycles. The van der Waals surface area contributed by atoms with Crippen molar-refractivity contribution in [1.29, 1.82) is 0 Å². The molecule has 1 unspecified atom stereocenters. The smallest absolute Gasteiger partial charge is 0.254 e. The molecule has 34 heavy (non-hydrogen) atoms. The number of nitrogens with zero attached hydrogens (tertiary/aromatic N) is 2. The molecule has 0 aliphatic carbocycles. The Kier molecular flexibility index (Phi) is 7.79. The second-order valence-corrected chi connectivity index (χ2v) is 9.85. The third-order valence-corrected chi connectivity index (χ3v) is 7.07. The number of hydrogen-bond donors (Lipinski definition) is 0. The van der Waals surface area contributed by atoms with Crippen LogP contribution in [0.15, 0.2) is 42.5 Å². The van der Waals surface area contributed by atoms with E-state index in [0.717, 1.165) is 43.5 Å². The van der Waals surface area contributed by atoms with E-state index in [0.29, 0.717) is 36.0 Å². The number of hydrogen-bond acceptors (Lipinski definition) is 4. The number of halogens is 1.